The zero-order valence-electron chi connectivity index (χ0n) is 17.7. The number of hydrogen-bond donors (Lipinski definition) is 0. The van der Waals surface area contributed by atoms with Crippen LogP contribution in [0.5, 0.6) is 11.5 Å². The molecule has 0 spiro atoms. The molecule has 0 unspecified atom stereocenters. The molecule has 1 atom stereocenters. The van der Waals surface area contributed by atoms with Crippen LogP contribution in [0.4, 0.5) is 0 Å². The van der Waals surface area contributed by atoms with Gasteiger partial charge in [0, 0.05) is 29.6 Å². The number of carbonyl (C=O) groups excluding carboxylic acids is 2. The number of benzene rings is 2. The maximum absolute atomic E-state index is 13.5. The number of ether oxygens (including phenoxy) is 2. The first-order chi connectivity index (χ1) is 14.5. The highest BCUT2D eigenvalue weighted by atomic mass is 35.5. The van der Waals surface area contributed by atoms with E-state index in [1.807, 2.05) is 32.0 Å². The Balaban J connectivity index is 2.04. The van der Waals surface area contributed by atoms with E-state index in [0.29, 0.717) is 53.7 Å². The van der Waals surface area contributed by atoms with Gasteiger partial charge in [0.2, 0.25) is 0 Å². The van der Waals surface area contributed by atoms with E-state index in [4.69, 9.17) is 21.1 Å². The summed E-state index contributed by atoms with van der Waals surface area (Å²) in [6, 6.07) is 12.4. The number of Topliss-reactive ketones (excluding diaryl/α,β-unsaturated/α-hetero) is 1. The van der Waals surface area contributed by atoms with Crippen molar-refractivity contribution < 1.29 is 19.1 Å². The quantitative estimate of drug-likeness (QED) is 0.603. The van der Waals surface area contributed by atoms with E-state index in [9.17, 15) is 9.59 Å². The summed E-state index contributed by atoms with van der Waals surface area (Å²) in [5.74, 6) is 0.872. The first-order valence-corrected chi connectivity index (χ1v) is 10.8. The van der Waals surface area contributed by atoms with Crippen LogP contribution in [-0.2, 0) is 10.3 Å². The molecule has 0 heterocycles. The minimum Gasteiger partial charge on any atom is -0.490 e. The Bertz CT molecular complexity index is 929. The lowest BCUT2D eigenvalue weighted by molar-refractivity contribution is -0.132. The molecule has 0 bridgehead atoms. The fourth-order valence-corrected chi connectivity index (χ4v) is 4.47. The number of nitrogens with zero attached hydrogens (tertiary/aromatic N) is 1. The third-order valence-corrected chi connectivity index (χ3v) is 5.97. The maximum atomic E-state index is 13.5. The van der Waals surface area contributed by atoms with Gasteiger partial charge in [0.15, 0.2) is 17.3 Å². The Morgan fingerprint density at radius 3 is 2.43 bits per heavy atom. The van der Waals surface area contributed by atoms with Gasteiger partial charge in [-0.1, -0.05) is 29.8 Å². The normalized spacial score (nSPS) is 18.7. The SMILES string of the molecule is CCOc1ccc(C(=O)N(C)[C@@]2(c3ccccc3Cl)CCCCC2=O)cc1OCC. The van der Waals surface area contributed by atoms with Crippen molar-refractivity contribution in [2.45, 2.75) is 45.1 Å². The van der Waals surface area contributed by atoms with E-state index in [1.165, 1.54) is 0 Å². The summed E-state index contributed by atoms with van der Waals surface area (Å²) >= 11 is 6.50. The first kappa shape index (κ1) is 22.2. The van der Waals surface area contributed by atoms with Crippen molar-refractivity contribution in [3.8, 4) is 11.5 Å². The van der Waals surface area contributed by atoms with Gasteiger partial charge in [-0.3, -0.25) is 9.59 Å². The van der Waals surface area contributed by atoms with Crippen molar-refractivity contribution in [2.75, 3.05) is 20.3 Å². The molecular weight excluding hydrogens is 402 g/mol. The van der Waals surface area contributed by atoms with Crippen molar-refractivity contribution in [1.29, 1.82) is 0 Å². The zero-order chi connectivity index (χ0) is 21.7. The van der Waals surface area contributed by atoms with Crippen molar-refractivity contribution in [3.63, 3.8) is 0 Å². The zero-order valence-corrected chi connectivity index (χ0v) is 18.5. The molecule has 1 saturated carbocycles. The molecule has 0 aromatic heterocycles. The smallest absolute Gasteiger partial charge is 0.254 e. The number of amides is 1. The average Bonchev–Trinajstić information content (AvgIpc) is 2.75. The lowest BCUT2D eigenvalue weighted by Crippen LogP contribution is -2.54. The molecule has 0 N–H and O–H groups in total. The lowest BCUT2D eigenvalue weighted by atomic mass is 9.74. The molecule has 1 aliphatic rings. The highest BCUT2D eigenvalue weighted by molar-refractivity contribution is 6.31. The van der Waals surface area contributed by atoms with E-state index in [1.54, 1.807) is 36.2 Å². The third-order valence-electron chi connectivity index (χ3n) is 5.64. The van der Waals surface area contributed by atoms with Gasteiger partial charge in [-0.2, -0.15) is 0 Å². The molecule has 0 radical (unpaired) electrons. The Morgan fingerprint density at radius 1 is 1.07 bits per heavy atom. The second-order valence-corrected chi connectivity index (χ2v) is 7.77. The largest absolute Gasteiger partial charge is 0.490 e. The number of likely N-dealkylation sites (N-methyl/N-ethyl adjacent to an activating group) is 1. The average molecular weight is 430 g/mol. The Morgan fingerprint density at radius 2 is 1.77 bits per heavy atom. The fourth-order valence-electron chi connectivity index (χ4n) is 4.18. The molecule has 5 nitrogen and oxygen atoms in total. The summed E-state index contributed by atoms with van der Waals surface area (Å²) in [6.07, 6.45) is 2.65. The van der Waals surface area contributed by atoms with E-state index in [-0.39, 0.29) is 11.7 Å². The van der Waals surface area contributed by atoms with E-state index >= 15 is 0 Å². The minimum atomic E-state index is -1.07. The summed E-state index contributed by atoms with van der Waals surface area (Å²) < 4.78 is 11.3. The Kier molecular flexibility index (Phi) is 7.03. The van der Waals surface area contributed by atoms with E-state index < -0.39 is 5.54 Å². The van der Waals surface area contributed by atoms with Crippen LogP contribution in [0.15, 0.2) is 42.5 Å². The number of carbonyl (C=O) groups is 2. The topological polar surface area (TPSA) is 55.8 Å². The van der Waals surface area contributed by atoms with Crippen LogP contribution in [0.3, 0.4) is 0 Å². The van der Waals surface area contributed by atoms with Gasteiger partial charge in [-0.05, 0) is 57.4 Å². The second-order valence-electron chi connectivity index (χ2n) is 7.36. The maximum Gasteiger partial charge on any atom is 0.254 e. The van der Waals surface area contributed by atoms with Crippen molar-refractivity contribution in [2.24, 2.45) is 0 Å². The third kappa shape index (κ3) is 4.04. The predicted molar refractivity (Wildman–Crippen MR) is 117 cm³/mol. The van der Waals surface area contributed by atoms with Gasteiger partial charge >= 0.3 is 0 Å². The highest BCUT2D eigenvalue weighted by Gasteiger charge is 2.48. The fraction of sp³-hybridized carbons (Fsp3) is 0.417. The number of hydrogen-bond acceptors (Lipinski definition) is 4. The van der Waals surface area contributed by atoms with Gasteiger partial charge in [0.1, 0.15) is 5.54 Å². The summed E-state index contributed by atoms with van der Waals surface area (Å²) in [5, 5.41) is 0.495. The Hall–Kier alpha value is -2.53. The second kappa shape index (κ2) is 9.52. The Labute approximate surface area is 182 Å². The summed E-state index contributed by atoms with van der Waals surface area (Å²) in [5.41, 5.74) is 0.0512. The molecule has 1 amide bonds. The lowest BCUT2D eigenvalue weighted by Gasteiger charge is -2.44. The monoisotopic (exact) mass is 429 g/mol. The molecule has 30 heavy (non-hydrogen) atoms. The van der Waals surface area contributed by atoms with Crippen molar-refractivity contribution in [1.82, 2.24) is 4.90 Å². The van der Waals surface area contributed by atoms with Crippen molar-refractivity contribution >= 4 is 23.3 Å². The first-order valence-electron chi connectivity index (χ1n) is 10.4. The highest BCUT2D eigenvalue weighted by Crippen LogP contribution is 2.43. The molecule has 0 saturated heterocycles. The van der Waals surface area contributed by atoms with Crippen LogP contribution < -0.4 is 9.47 Å². The molecule has 0 aliphatic heterocycles. The van der Waals surface area contributed by atoms with Crippen LogP contribution in [0, 0.1) is 0 Å². The van der Waals surface area contributed by atoms with Crippen LogP contribution in [0.2, 0.25) is 5.02 Å². The standard InChI is InChI=1S/C24H28ClNO4/c1-4-29-20-14-13-17(16-21(20)30-5-2)23(28)26(3)24(15-9-8-12-22(24)27)18-10-6-7-11-19(18)25/h6-7,10-11,13-14,16H,4-5,8-9,12,15H2,1-3H3/t24-/m1/s1. The molecule has 1 aliphatic carbocycles. The van der Waals surface area contributed by atoms with Crippen LogP contribution >= 0.6 is 11.6 Å². The van der Waals surface area contributed by atoms with E-state index in [0.717, 1.165) is 12.8 Å². The van der Waals surface area contributed by atoms with Gasteiger partial charge in [0.25, 0.3) is 5.91 Å². The number of ketones is 1. The predicted octanol–water partition coefficient (Wildman–Crippen LogP) is 5.25. The van der Waals surface area contributed by atoms with Crippen LogP contribution in [0.1, 0.15) is 55.5 Å². The number of rotatable bonds is 7. The molecule has 1 fully saturated rings. The molecular formula is C24H28ClNO4. The molecule has 3 rings (SSSR count). The molecule has 6 heteroatoms. The van der Waals surface area contributed by atoms with E-state index in [2.05, 4.69) is 0 Å². The molecule has 160 valence electrons. The molecule has 2 aromatic rings. The summed E-state index contributed by atoms with van der Waals surface area (Å²) in [7, 11) is 1.69. The van der Waals surface area contributed by atoms with Gasteiger partial charge in [-0.25, -0.2) is 0 Å². The van der Waals surface area contributed by atoms with Crippen molar-refractivity contribution in [3.05, 3.63) is 58.6 Å². The molecule has 2 aromatic carbocycles. The van der Waals surface area contributed by atoms with Gasteiger partial charge < -0.3 is 14.4 Å². The van der Waals surface area contributed by atoms with Crippen LogP contribution in [-0.4, -0.2) is 36.9 Å². The van der Waals surface area contributed by atoms with Gasteiger partial charge in [-0.15, -0.1) is 0 Å². The minimum absolute atomic E-state index is 0.0219. The van der Waals surface area contributed by atoms with Crippen LogP contribution in [0.25, 0.3) is 0 Å². The number of halogens is 1. The van der Waals surface area contributed by atoms with Gasteiger partial charge in [0.05, 0.1) is 13.2 Å². The summed E-state index contributed by atoms with van der Waals surface area (Å²) in [4.78, 5) is 28.4. The summed E-state index contributed by atoms with van der Waals surface area (Å²) in [6.45, 7) is 4.72.